The van der Waals surface area contributed by atoms with Crippen molar-refractivity contribution in [3.63, 3.8) is 0 Å². The molecule has 2 N–H and O–H groups in total. The number of hydrogen-bond donors (Lipinski definition) is 1. The SMILES string of the molecule is CN(CCc1ccccc1Br)CC1(CN)CCC1. The first-order valence-electron chi connectivity index (χ1n) is 6.77. The van der Waals surface area contributed by atoms with Crippen LogP contribution in [0.15, 0.2) is 28.7 Å². The summed E-state index contributed by atoms with van der Waals surface area (Å²) in [7, 11) is 2.21. The molecule has 1 aromatic carbocycles. The van der Waals surface area contributed by atoms with E-state index < -0.39 is 0 Å². The number of hydrogen-bond acceptors (Lipinski definition) is 2. The molecule has 0 aliphatic heterocycles. The van der Waals surface area contributed by atoms with Crippen molar-refractivity contribution in [1.29, 1.82) is 0 Å². The van der Waals surface area contributed by atoms with E-state index in [0.29, 0.717) is 5.41 Å². The maximum Gasteiger partial charge on any atom is 0.0207 e. The van der Waals surface area contributed by atoms with E-state index in [0.717, 1.165) is 26.1 Å². The summed E-state index contributed by atoms with van der Waals surface area (Å²) in [6.45, 7) is 3.09. The first kappa shape index (κ1) is 14.0. The Bertz CT molecular complexity index is 382. The second-order valence-electron chi connectivity index (χ2n) is 5.64. The third-order valence-corrected chi connectivity index (χ3v) is 4.95. The van der Waals surface area contributed by atoms with E-state index in [4.69, 9.17) is 5.73 Å². The van der Waals surface area contributed by atoms with E-state index in [9.17, 15) is 0 Å². The first-order valence-corrected chi connectivity index (χ1v) is 7.57. The van der Waals surface area contributed by atoms with E-state index in [-0.39, 0.29) is 0 Å². The van der Waals surface area contributed by atoms with Gasteiger partial charge in [-0.15, -0.1) is 0 Å². The molecule has 3 heteroatoms. The number of halogens is 1. The summed E-state index contributed by atoms with van der Waals surface area (Å²) in [6.07, 6.45) is 5.07. The second-order valence-corrected chi connectivity index (χ2v) is 6.49. The van der Waals surface area contributed by atoms with Crippen molar-refractivity contribution in [2.24, 2.45) is 11.1 Å². The predicted molar refractivity (Wildman–Crippen MR) is 80.7 cm³/mol. The van der Waals surface area contributed by atoms with Gasteiger partial charge < -0.3 is 10.6 Å². The Balaban J connectivity index is 1.81. The van der Waals surface area contributed by atoms with Gasteiger partial charge in [0.15, 0.2) is 0 Å². The van der Waals surface area contributed by atoms with Crippen LogP contribution in [0, 0.1) is 5.41 Å². The lowest BCUT2D eigenvalue weighted by Gasteiger charge is -2.43. The van der Waals surface area contributed by atoms with E-state index in [1.54, 1.807) is 0 Å². The molecule has 1 aliphatic carbocycles. The van der Waals surface area contributed by atoms with Gasteiger partial charge in [-0.3, -0.25) is 0 Å². The Morgan fingerprint density at radius 3 is 2.61 bits per heavy atom. The molecule has 1 aromatic rings. The van der Waals surface area contributed by atoms with Crippen LogP contribution in [0.5, 0.6) is 0 Å². The highest BCUT2D eigenvalue weighted by molar-refractivity contribution is 9.10. The van der Waals surface area contributed by atoms with Crippen LogP contribution >= 0.6 is 15.9 Å². The Kier molecular flexibility index (Phi) is 4.82. The molecule has 0 spiro atoms. The molecule has 0 amide bonds. The van der Waals surface area contributed by atoms with E-state index >= 15 is 0 Å². The summed E-state index contributed by atoms with van der Waals surface area (Å²) >= 11 is 3.61. The zero-order chi connectivity index (χ0) is 13.0. The van der Waals surface area contributed by atoms with Gasteiger partial charge in [-0.25, -0.2) is 0 Å². The van der Waals surface area contributed by atoms with Crippen molar-refractivity contribution in [2.45, 2.75) is 25.7 Å². The van der Waals surface area contributed by atoms with Crippen molar-refractivity contribution in [3.05, 3.63) is 34.3 Å². The fourth-order valence-corrected chi connectivity index (χ4v) is 3.25. The molecule has 1 aliphatic rings. The number of rotatable bonds is 6. The molecule has 0 atom stereocenters. The van der Waals surface area contributed by atoms with E-state index in [2.05, 4.69) is 52.1 Å². The minimum Gasteiger partial charge on any atom is -0.330 e. The number of benzene rings is 1. The minimum absolute atomic E-state index is 0.419. The average Bonchev–Trinajstić information content (AvgIpc) is 2.33. The predicted octanol–water partition coefficient (Wildman–Crippen LogP) is 3.05. The first-order chi connectivity index (χ1) is 8.65. The Morgan fingerprint density at radius 2 is 2.06 bits per heavy atom. The lowest BCUT2D eigenvalue weighted by Crippen LogP contribution is -2.46. The summed E-state index contributed by atoms with van der Waals surface area (Å²) in [5.41, 5.74) is 7.72. The smallest absolute Gasteiger partial charge is 0.0207 e. The number of likely N-dealkylation sites (N-methyl/N-ethyl adjacent to an activating group) is 1. The topological polar surface area (TPSA) is 29.3 Å². The highest BCUT2D eigenvalue weighted by Gasteiger charge is 2.36. The van der Waals surface area contributed by atoms with Gasteiger partial charge >= 0.3 is 0 Å². The third-order valence-electron chi connectivity index (χ3n) is 4.17. The maximum absolute atomic E-state index is 5.91. The molecule has 0 saturated heterocycles. The largest absolute Gasteiger partial charge is 0.330 e. The molecule has 1 saturated carbocycles. The van der Waals surface area contributed by atoms with Gasteiger partial charge in [0, 0.05) is 17.6 Å². The fraction of sp³-hybridized carbons (Fsp3) is 0.600. The van der Waals surface area contributed by atoms with Crippen LogP contribution in [0.4, 0.5) is 0 Å². The molecule has 18 heavy (non-hydrogen) atoms. The summed E-state index contributed by atoms with van der Waals surface area (Å²) in [4.78, 5) is 2.44. The van der Waals surface area contributed by atoms with Crippen LogP contribution in [0.2, 0.25) is 0 Å². The van der Waals surface area contributed by atoms with Crippen LogP contribution in [0.3, 0.4) is 0 Å². The molecule has 0 radical (unpaired) electrons. The fourth-order valence-electron chi connectivity index (χ4n) is 2.77. The molecular formula is C15H23BrN2. The molecule has 2 rings (SSSR count). The number of nitrogens with two attached hydrogens (primary N) is 1. The van der Waals surface area contributed by atoms with Gasteiger partial charge in [0.05, 0.1) is 0 Å². The number of nitrogens with zero attached hydrogens (tertiary/aromatic N) is 1. The summed E-state index contributed by atoms with van der Waals surface area (Å²) in [5.74, 6) is 0. The summed E-state index contributed by atoms with van der Waals surface area (Å²) in [5, 5.41) is 0. The molecule has 100 valence electrons. The summed E-state index contributed by atoms with van der Waals surface area (Å²) < 4.78 is 1.22. The van der Waals surface area contributed by atoms with Gasteiger partial charge in [0.2, 0.25) is 0 Å². The highest BCUT2D eigenvalue weighted by atomic mass is 79.9. The molecule has 2 nitrogen and oxygen atoms in total. The zero-order valence-corrected chi connectivity index (χ0v) is 12.7. The molecule has 0 bridgehead atoms. The van der Waals surface area contributed by atoms with Crippen molar-refractivity contribution in [3.8, 4) is 0 Å². The van der Waals surface area contributed by atoms with Crippen molar-refractivity contribution < 1.29 is 0 Å². The van der Waals surface area contributed by atoms with Crippen LogP contribution in [-0.2, 0) is 6.42 Å². The molecule has 0 aromatic heterocycles. The van der Waals surface area contributed by atoms with Crippen molar-refractivity contribution >= 4 is 15.9 Å². The normalized spacial score (nSPS) is 17.8. The molecule has 0 heterocycles. The van der Waals surface area contributed by atoms with Gasteiger partial charge in [-0.1, -0.05) is 40.5 Å². The van der Waals surface area contributed by atoms with E-state index in [1.807, 2.05) is 0 Å². The summed E-state index contributed by atoms with van der Waals surface area (Å²) in [6, 6.07) is 8.48. The van der Waals surface area contributed by atoms with Crippen molar-refractivity contribution in [1.82, 2.24) is 4.90 Å². The molecule has 0 unspecified atom stereocenters. The molecule has 1 fully saturated rings. The van der Waals surface area contributed by atoms with E-state index in [1.165, 1.54) is 29.3 Å². The van der Waals surface area contributed by atoms with Crippen LogP contribution in [-0.4, -0.2) is 31.6 Å². The van der Waals surface area contributed by atoms with Crippen molar-refractivity contribution in [2.75, 3.05) is 26.7 Å². The lowest BCUT2D eigenvalue weighted by molar-refractivity contribution is 0.0882. The van der Waals surface area contributed by atoms with Crippen LogP contribution in [0.25, 0.3) is 0 Å². The molecular weight excluding hydrogens is 288 g/mol. The monoisotopic (exact) mass is 310 g/mol. The quantitative estimate of drug-likeness (QED) is 0.875. The highest BCUT2D eigenvalue weighted by Crippen LogP contribution is 2.40. The lowest BCUT2D eigenvalue weighted by atomic mass is 9.68. The maximum atomic E-state index is 5.91. The minimum atomic E-state index is 0.419. The Hall–Kier alpha value is -0.380. The van der Waals surface area contributed by atoms with Gasteiger partial charge in [-0.05, 0) is 49.9 Å². The van der Waals surface area contributed by atoms with Gasteiger partial charge in [-0.2, -0.15) is 0 Å². The third kappa shape index (κ3) is 3.34. The van der Waals surface area contributed by atoms with Crippen LogP contribution in [0.1, 0.15) is 24.8 Å². The van der Waals surface area contributed by atoms with Gasteiger partial charge in [0.25, 0.3) is 0 Å². The van der Waals surface area contributed by atoms with Crippen LogP contribution < -0.4 is 5.73 Å². The Morgan fingerprint density at radius 1 is 1.33 bits per heavy atom. The standard InChI is InChI=1S/C15H23BrN2/c1-18(12-15(11-17)8-4-9-15)10-7-13-5-2-3-6-14(13)16/h2-3,5-6H,4,7-12,17H2,1H3. The zero-order valence-electron chi connectivity index (χ0n) is 11.2. The second kappa shape index (κ2) is 6.18. The Labute approximate surface area is 119 Å². The average molecular weight is 311 g/mol. The van der Waals surface area contributed by atoms with Gasteiger partial charge in [0.1, 0.15) is 0 Å².